The van der Waals surface area contributed by atoms with Gasteiger partial charge < -0.3 is 62.7 Å². The van der Waals surface area contributed by atoms with Gasteiger partial charge in [-0.25, -0.2) is 9.59 Å². The maximum absolute atomic E-state index is 10.6. The first-order chi connectivity index (χ1) is 30.7. The fraction of sp³-hybridized carbons (Fsp3) is 0.958. The molecule has 15 heteroatoms. The summed E-state index contributed by atoms with van der Waals surface area (Å²) in [6, 6.07) is 0. The molecule has 0 fully saturated rings. The Hall–Kier alpha value is -1.82. The molecule has 0 atom stereocenters. The molecule has 0 aliphatic heterocycles. The maximum atomic E-state index is 10.6. The van der Waals surface area contributed by atoms with E-state index in [1.165, 1.54) is 38.5 Å². The third-order valence-corrected chi connectivity index (χ3v) is 6.72. The van der Waals surface area contributed by atoms with Crippen LogP contribution in [-0.2, 0) is 52.1 Å². The van der Waals surface area contributed by atoms with Crippen LogP contribution in [0.1, 0.15) is 174 Å². The van der Waals surface area contributed by atoms with Crippen molar-refractivity contribution in [3.05, 3.63) is 0 Å². The van der Waals surface area contributed by atoms with Gasteiger partial charge >= 0.3 is 12.2 Å². The zero-order valence-corrected chi connectivity index (χ0v) is 43.9. The Morgan fingerprint density at radius 2 is 0.619 bits per heavy atom. The predicted molar refractivity (Wildman–Crippen MR) is 261 cm³/mol. The molecular weight excluding hydrogens is 813 g/mol. The van der Waals surface area contributed by atoms with Crippen LogP contribution in [0.3, 0.4) is 0 Å². The minimum absolute atomic E-state index is 0.319. The van der Waals surface area contributed by atoms with Crippen LogP contribution in [0.2, 0.25) is 0 Å². The minimum atomic E-state index is -0.382. The fourth-order valence-electron chi connectivity index (χ4n) is 3.50. The lowest BCUT2D eigenvalue weighted by atomic mass is 10.3. The summed E-state index contributed by atoms with van der Waals surface area (Å²) >= 11 is 0. The fourth-order valence-corrected chi connectivity index (χ4v) is 3.50. The number of rotatable bonds is 36. The normalized spacial score (nSPS) is 9.62. The van der Waals surface area contributed by atoms with Gasteiger partial charge in [0.25, 0.3) is 0 Å². The van der Waals surface area contributed by atoms with Gasteiger partial charge in [0.05, 0.1) is 39.6 Å². The van der Waals surface area contributed by atoms with Gasteiger partial charge in [-0.3, -0.25) is 0 Å². The van der Waals surface area contributed by atoms with Crippen molar-refractivity contribution in [2.24, 2.45) is 0 Å². The van der Waals surface area contributed by atoms with Gasteiger partial charge in [-0.2, -0.15) is 0 Å². The van der Waals surface area contributed by atoms with Gasteiger partial charge in [0, 0.05) is 72.6 Å². The van der Waals surface area contributed by atoms with Crippen LogP contribution in [0, 0.1) is 0 Å². The van der Waals surface area contributed by atoms with Gasteiger partial charge in [-0.15, -0.1) is 0 Å². The number of carbonyl (C=O) groups excluding carboxylic acids is 2. The van der Waals surface area contributed by atoms with Crippen LogP contribution < -0.4 is 10.6 Å². The lowest BCUT2D eigenvalue weighted by Gasteiger charge is -2.04. The highest BCUT2D eigenvalue weighted by Gasteiger charge is 1.97. The zero-order valence-electron chi connectivity index (χ0n) is 43.9. The topological polar surface area (TPSA) is 160 Å². The minimum Gasteiger partial charge on any atom is -0.450 e. The molecule has 0 aliphatic rings. The van der Waals surface area contributed by atoms with E-state index in [1.807, 2.05) is 48.5 Å². The van der Waals surface area contributed by atoms with Crippen LogP contribution in [0.5, 0.6) is 0 Å². The average molecular weight is 921 g/mol. The first kappa shape index (κ1) is 75.5. The molecule has 0 saturated heterocycles. The van der Waals surface area contributed by atoms with Crippen molar-refractivity contribution in [1.29, 1.82) is 0 Å². The van der Waals surface area contributed by atoms with Crippen molar-refractivity contribution in [3.8, 4) is 0 Å². The average Bonchev–Trinajstić information content (AvgIpc) is 3.29. The molecule has 0 aliphatic carbocycles. The van der Waals surface area contributed by atoms with Crippen LogP contribution in [0.4, 0.5) is 9.59 Å². The summed E-state index contributed by atoms with van der Waals surface area (Å²) in [5, 5.41) is 5.02. The van der Waals surface area contributed by atoms with E-state index in [9.17, 15) is 9.59 Å². The molecule has 0 radical (unpaired) electrons. The van der Waals surface area contributed by atoms with Gasteiger partial charge in [0.1, 0.15) is 20.2 Å². The SMILES string of the molecule is CCCCC.CCCCCOCOCC.CCCCOCCOCCC.CCCOC(=O)NCC.CCCOCC.CCCOCCOCOCC.CCNC(=O)OCCOCC. The van der Waals surface area contributed by atoms with E-state index in [2.05, 4.69) is 63.8 Å². The van der Waals surface area contributed by atoms with Gasteiger partial charge in [-0.1, -0.05) is 93.9 Å². The summed E-state index contributed by atoms with van der Waals surface area (Å²) in [5.41, 5.74) is 0. The third-order valence-electron chi connectivity index (χ3n) is 6.72. The standard InChI is InChI=1S/C9H20O2.C8H18O3.C8H18O2.C7H15NO3.C6H13NO2.C5H12O.C5H12/c1-3-5-7-11-9-8-10-6-4-2;1-3-5-10-6-7-11-8-9-4-2;1-3-5-6-7-10-8-9-4-2;1-3-8-7(9)11-6-5-10-4-2;1-3-5-9-6(8)7-4-2;1-3-5-6-4-2;1-3-5-4-2/h3-9H2,1-2H3;3-8H2,1-2H3;3-8H2,1-2H3;3-6H2,1-2H3,(H,8,9);3-5H2,1-2H3,(H,7,8);3-5H2,1-2H3;3-5H2,1-2H3. The Balaban J connectivity index is -0.000000118. The van der Waals surface area contributed by atoms with E-state index < -0.39 is 0 Å². The molecule has 0 rings (SSSR count). The summed E-state index contributed by atoms with van der Waals surface area (Å²) in [7, 11) is 0. The summed E-state index contributed by atoms with van der Waals surface area (Å²) < 4.78 is 55.2. The number of unbranched alkanes of at least 4 members (excludes halogenated alkanes) is 5. The predicted octanol–water partition coefficient (Wildman–Crippen LogP) is 11.4. The lowest BCUT2D eigenvalue weighted by Crippen LogP contribution is -2.25. The lowest BCUT2D eigenvalue weighted by molar-refractivity contribution is -0.0656. The Kier molecular flexibility index (Phi) is 104. The maximum Gasteiger partial charge on any atom is 0.407 e. The monoisotopic (exact) mass is 921 g/mol. The summed E-state index contributed by atoms with van der Waals surface area (Å²) in [4.78, 5) is 21.1. The highest BCUT2D eigenvalue weighted by atomic mass is 16.7. The van der Waals surface area contributed by atoms with Crippen molar-refractivity contribution >= 4 is 12.2 Å². The largest absolute Gasteiger partial charge is 0.450 e. The van der Waals surface area contributed by atoms with Crippen molar-refractivity contribution in [1.82, 2.24) is 10.6 Å². The van der Waals surface area contributed by atoms with Crippen molar-refractivity contribution in [2.45, 2.75) is 174 Å². The molecule has 0 heterocycles. The summed E-state index contributed by atoms with van der Waals surface area (Å²) in [6.45, 7) is 41.9. The van der Waals surface area contributed by atoms with E-state index >= 15 is 0 Å². The molecule has 2 N–H and O–H groups in total. The van der Waals surface area contributed by atoms with Gasteiger partial charge in [0.2, 0.25) is 0 Å². The van der Waals surface area contributed by atoms with Crippen molar-refractivity contribution in [2.75, 3.05) is 132 Å². The Labute approximate surface area is 390 Å². The zero-order chi connectivity index (χ0) is 49.0. The molecule has 0 bridgehead atoms. The molecule has 63 heavy (non-hydrogen) atoms. The molecular formula is C48H108N2O13. The molecule has 0 saturated carbocycles. The molecule has 0 aromatic heterocycles. The Morgan fingerprint density at radius 1 is 0.286 bits per heavy atom. The number of carbonyl (C=O) groups is 2. The first-order valence-electron chi connectivity index (χ1n) is 24.7. The highest BCUT2D eigenvalue weighted by molar-refractivity contribution is 5.67. The van der Waals surface area contributed by atoms with E-state index in [4.69, 9.17) is 47.4 Å². The van der Waals surface area contributed by atoms with Crippen molar-refractivity contribution in [3.63, 3.8) is 0 Å². The quantitative estimate of drug-likeness (QED) is 0.0452. The molecule has 388 valence electrons. The van der Waals surface area contributed by atoms with E-state index in [1.54, 1.807) is 0 Å². The van der Waals surface area contributed by atoms with Crippen molar-refractivity contribution < 1.29 is 61.7 Å². The summed E-state index contributed by atoms with van der Waals surface area (Å²) in [5.74, 6) is 0. The second-order valence-electron chi connectivity index (χ2n) is 13.0. The highest BCUT2D eigenvalue weighted by Crippen LogP contribution is 1.94. The van der Waals surface area contributed by atoms with Crippen LogP contribution in [0.25, 0.3) is 0 Å². The summed E-state index contributed by atoms with van der Waals surface area (Å²) in [6.07, 6.45) is 13.6. The smallest absolute Gasteiger partial charge is 0.407 e. The Morgan fingerprint density at radius 3 is 0.984 bits per heavy atom. The first-order valence-corrected chi connectivity index (χ1v) is 24.7. The second-order valence-corrected chi connectivity index (χ2v) is 13.0. The van der Waals surface area contributed by atoms with E-state index in [-0.39, 0.29) is 12.2 Å². The number of hydrogen-bond acceptors (Lipinski definition) is 13. The van der Waals surface area contributed by atoms with Gasteiger partial charge in [-0.05, 0) is 80.1 Å². The molecule has 15 nitrogen and oxygen atoms in total. The molecule has 0 aromatic rings. The van der Waals surface area contributed by atoms with E-state index in [0.29, 0.717) is 72.9 Å². The number of ether oxygens (including phenoxy) is 11. The number of hydrogen-bond donors (Lipinski definition) is 2. The van der Waals surface area contributed by atoms with Crippen LogP contribution >= 0.6 is 0 Å². The number of nitrogens with one attached hydrogen (secondary N) is 2. The Bertz CT molecular complexity index is 667. The van der Waals surface area contributed by atoms with Crippen LogP contribution in [-0.4, -0.2) is 145 Å². The molecule has 0 unspecified atom stereocenters. The third kappa shape index (κ3) is 114. The van der Waals surface area contributed by atoms with E-state index in [0.717, 1.165) is 98.0 Å². The number of amides is 2. The number of alkyl carbamates (subject to hydrolysis) is 2. The molecule has 0 aromatic carbocycles. The molecule has 2 amide bonds. The van der Waals surface area contributed by atoms with Crippen LogP contribution in [0.15, 0.2) is 0 Å². The van der Waals surface area contributed by atoms with Gasteiger partial charge in [0.15, 0.2) is 0 Å². The second kappa shape index (κ2) is 87.1. The molecule has 0 spiro atoms.